The fourth-order valence-electron chi connectivity index (χ4n) is 5.18. The molecule has 5 aromatic rings. The van der Waals surface area contributed by atoms with Crippen LogP contribution in [0.3, 0.4) is 0 Å². The van der Waals surface area contributed by atoms with Crippen LogP contribution in [-0.2, 0) is 5.41 Å². The molecule has 0 aliphatic rings. The number of halogens is 1. The van der Waals surface area contributed by atoms with Gasteiger partial charge < -0.3 is 15.4 Å². The van der Waals surface area contributed by atoms with E-state index in [1.165, 1.54) is 6.07 Å². The Morgan fingerprint density at radius 3 is 2.36 bits per heavy atom. The lowest BCUT2D eigenvalue weighted by atomic mass is 9.87. The summed E-state index contributed by atoms with van der Waals surface area (Å²) >= 11 is 6.42. The normalized spacial score (nSPS) is 12.3. The van der Waals surface area contributed by atoms with Gasteiger partial charge in [-0.15, -0.1) is 0 Å². The number of nitrogens with one attached hydrogen (secondary N) is 2. The molecule has 1 heterocycles. The van der Waals surface area contributed by atoms with Gasteiger partial charge in [-0.25, -0.2) is 9.78 Å². The molecule has 0 spiro atoms. The molecule has 0 bridgehead atoms. The van der Waals surface area contributed by atoms with E-state index in [0.717, 1.165) is 35.0 Å². The zero-order valence-electron chi connectivity index (χ0n) is 24.2. The maximum Gasteiger partial charge on any atom is 0.336 e. The first-order valence-electron chi connectivity index (χ1n) is 14.1. The molecule has 0 radical (unpaired) electrons. The fourth-order valence-corrected chi connectivity index (χ4v) is 5.35. The van der Waals surface area contributed by atoms with Crippen molar-refractivity contribution >= 4 is 34.5 Å². The van der Waals surface area contributed by atoms with Crippen molar-refractivity contribution < 1.29 is 14.7 Å². The number of fused-ring (bicyclic) bond motifs is 1. The lowest BCUT2D eigenvalue weighted by molar-refractivity contribution is 0.0697. The molecule has 4 aromatic carbocycles. The summed E-state index contributed by atoms with van der Waals surface area (Å²) in [6.45, 7) is 8.52. The van der Waals surface area contributed by atoms with E-state index in [1.54, 1.807) is 30.3 Å². The Labute approximate surface area is 250 Å². The highest BCUT2D eigenvalue weighted by atomic mass is 35.5. The van der Waals surface area contributed by atoms with Crippen molar-refractivity contribution in [3.63, 3.8) is 0 Å². The number of imidazole rings is 1. The van der Waals surface area contributed by atoms with Crippen molar-refractivity contribution in [1.82, 2.24) is 15.3 Å². The highest BCUT2D eigenvalue weighted by molar-refractivity contribution is 6.31. The summed E-state index contributed by atoms with van der Waals surface area (Å²) in [6, 6.07) is 25.8. The van der Waals surface area contributed by atoms with Crippen LogP contribution in [-0.4, -0.2) is 27.0 Å². The van der Waals surface area contributed by atoms with Crippen LogP contribution < -0.4 is 5.32 Å². The molecule has 42 heavy (non-hydrogen) atoms. The van der Waals surface area contributed by atoms with Crippen molar-refractivity contribution in [2.45, 2.75) is 52.0 Å². The minimum absolute atomic E-state index is 0.0177. The quantitative estimate of drug-likeness (QED) is 0.171. The van der Waals surface area contributed by atoms with E-state index in [0.29, 0.717) is 27.5 Å². The maximum atomic E-state index is 13.3. The number of rotatable bonds is 8. The number of carboxylic acids is 1. The number of amides is 1. The summed E-state index contributed by atoms with van der Waals surface area (Å²) in [6.07, 6.45) is 1.65. The van der Waals surface area contributed by atoms with Crippen molar-refractivity contribution in [2.24, 2.45) is 0 Å². The number of hydrogen-bond donors (Lipinski definition) is 3. The molecule has 0 aliphatic heterocycles. The zero-order valence-corrected chi connectivity index (χ0v) is 24.9. The van der Waals surface area contributed by atoms with Gasteiger partial charge in [0, 0.05) is 16.1 Å². The minimum atomic E-state index is -1.13. The minimum Gasteiger partial charge on any atom is -0.478 e. The van der Waals surface area contributed by atoms with Gasteiger partial charge in [-0.3, -0.25) is 4.79 Å². The Balaban J connectivity index is 1.54. The molecule has 1 amide bonds. The third-order valence-electron chi connectivity index (χ3n) is 7.47. The van der Waals surface area contributed by atoms with E-state index >= 15 is 0 Å². The Morgan fingerprint density at radius 1 is 0.929 bits per heavy atom. The molecule has 6 nitrogen and oxygen atoms in total. The standard InChI is InChI=1S/C35H34ClN3O3/c1-5-9-29(21-10-7-6-8-11-21)39-33(40)22-12-15-26(28(18-22)34(41)42)25-16-14-24(36)20-27(25)32-37-30-17-13-23(35(2,3)4)19-31(30)38-32/h6-8,10-20,29H,5,9H2,1-4H3,(H,37,38)(H,39,40)(H,41,42)/t29-/m1/s1. The number of benzene rings is 4. The third kappa shape index (κ3) is 6.09. The maximum absolute atomic E-state index is 13.3. The molecule has 0 unspecified atom stereocenters. The highest BCUT2D eigenvalue weighted by Gasteiger charge is 2.22. The molecule has 5 rings (SSSR count). The zero-order chi connectivity index (χ0) is 30.0. The van der Waals surface area contributed by atoms with Gasteiger partial charge in [0.15, 0.2) is 0 Å². The molecule has 3 N–H and O–H groups in total. The van der Waals surface area contributed by atoms with Crippen LogP contribution >= 0.6 is 11.6 Å². The van der Waals surface area contributed by atoms with Gasteiger partial charge in [0.05, 0.1) is 22.6 Å². The van der Waals surface area contributed by atoms with E-state index in [2.05, 4.69) is 50.1 Å². The predicted octanol–water partition coefficient (Wildman–Crippen LogP) is 8.82. The van der Waals surface area contributed by atoms with E-state index in [1.807, 2.05) is 36.4 Å². The first-order valence-corrected chi connectivity index (χ1v) is 14.5. The fraction of sp³-hybridized carbons (Fsp3) is 0.229. The second-order valence-corrected chi connectivity index (χ2v) is 12.0. The summed E-state index contributed by atoms with van der Waals surface area (Å²) in [7, 11) is 0. The van der Waals surface area contributed by atoms with Crippen molar-refractivity contribution in [3.8, 4) is 22.5 Å². The monoisotopic (exact) mass is 579 g/mol. The van der Waals surface area contributed by atoms with Crippen LogP contribution in [0.25, 0.3) is 33.5 Å². The summed E-state index contributed by atoms with van der Waals surface area (Å²) < 4.78 is 0. The first-order chi connectivity index (χ1) is 20.0. The molecule has 7 heteroatoms. The Morgan fingerprint density at radius 2 is 1.67 bits per heavy atom. The molecule has 0 saturated heterocycles. The van der Waals surface area contributed by atoms with E-state index < -0.39 is 5.97 Å². The summed E-state index contributed by atoms with van der Waals surface area (Å²) in [5, 5.41) is 13.8. The smallest absolute Gasteiger partial charge is 0.336 e. The van der Waals surface area contributed by atoms with Gasteiger partial charge in [0.2, 0.25) is 0 Å². The molecule has 0 fully saturated rings. The molecule has 1 aromatic heterocycles. The first kappa shape index (κ1) is 29.1. The van der Waals surface area contributed by atoms with E-state index in [4.69, 9.17) is 16.6 Å². The van der Waals surface area contributed by atoms with Crippen LogP contribution in [0.4, 0.5) is 0 Å². The van der Waals surface area contributed by atoms with Crippen LogP contribution in [0, 0.1) is 0 Å². The van der Waals surface area contributed by atoms with Gasteiger partial charge in [-0.2, -0.15) is 0 Å². The molecule has 1 atom stereocenters. The SMILES string of the molecule is CCC[C@@H](NC(=O)c1ccc(-c2ccc(Cl)cc2-c2nc3cc(C(C)(C)C)ccc3[nH]2)c(C(=O)O)c1)c1ccccc1. The second kappa shape index (κ2) is 11.8. The molecule has 0 aliphatic carbocycles. The van der Waals surface area contributed by atoms with Crippen molar-refractivity contribution in [3.05, 3.63) is 112 Å². The third-order valence-corrected chi connectivity index (χ3v) is 7.71. The van der Waals surface area contributed by atoms with Crippen LogP contribution in [0.15, 0.2) is 84.9 Å². The predicted molar refractivity (Wildman–Crippen MR) is 169 cm³/mol. The van der Waals surface area contributed by atoms with E-state index in [-0.39, 0.29) is 28.5 Å². The largest absolute Gasteiger partial charge is 0.478 e. The van der Waals surface area contributed by atoms with Crippen molar-refractivity contribution in [1.29, 1.82) is 0 Å². The summed E-state index contributed by atoms with van der Waals surface area (Å²) in [5.74, 6) is -0.875. The number of H-pyrrole nitrogens is 1. The number of carbonyl (C=O) groups excluding carboxylic acids is 1. The number of hydrogen-bond acceptors (Lipinski definition) is 3. The number of carboxylic acid groups (broad SMARTS) is 1. The summed E-state index contributed by atoms with van der Waals surface area (Å²) in [5.41, 5.74) is 5.90. The van der Waals surface area contributed by atoms with Gasteiger partial charge in [-0.1, -0.05) is 94.2 Å². The topological polar surface area (TPSA) is 95.1 Å². The summed E-state index contributed by atoms with van der Waals surface area (Å²) in [4.78, 5) is 34.1. The highest BCUT2D eigenvalue weighted by Crippen LogP contribution is 2.37. The van der Waals surface area contributed by atoms with Crippen molar-refractivity contribution in [2.75, 3.05) is 0 Å². The number of aromatic carboxylic acids is 1. The lowest BCUT2D eigenvalue weighted by Crippen LogP contribution is -2.28. The van der Waals surface area contributed by atoms with Gasteiger partial charge in [0.25, 0.3) is 5.91 Å². The Kier molecular flexibility index (Phi) is 8.19. The van der Waals surface area contributed by atoms with Gasteiger partial charge in [0.1, 0.15) is 5.82 Å². The number of carbonyl (C=O) groups is 2. The van der Waals surface area contributed by atoms with Crippen LogP contribution in [0.1, 0.15) is 78.4 Å². The lowest BCUT2D eigenvalue weighted by Gasteiger charge is -2.19. The number of aromatic nitrogens is 2. The molecule has 214 valence electrons. The van der Waals surface area contributed by atoms with Crippen LogP contribution in [0.5, 0.6) is 0 Å². The van der Waals surface area contributed by atoms with Gasteiger partial charge >= 0.3 is 5.97 Å². The Bertz CT molecular complexity index is 1770. The number of aromatic amines is 1. The van der Waals surface area contributed by atoms with Gasteiger partial charge in [-0.05, 0) is 70.5 Å². The average Bonchev–Trinajstić information content (AvgIpc) is 3.40. The molecule has 0 saturated carbocycles. The average molecular weight is 580 g/mol. The second-order valence-electron chi connectivity index (χ2n) is 11.5. The Hall–Kier alpha value is -4.42. The number of nitrogens with zero attached hydrogens (tertiary/aromatic N) is 1. The molecular formula is C35H34ClN3O3. The van der Waals surface area contributed by atoms with E-state index in [9.17, 15) is 14.7 Å². The molecular weight excluding hydrogens is 546 g/mol. The van der Waals surface area contributed by atoms with Crippen LogP contribution in [0.2, 0.25) is 5.02 Å².